The van der Waals surface area contributed by atoms with Gasteiger partial charge in [0, 0.05) is 23.9 Å². The highest BCUT2D eigenvalue weighted by atomic mass is 32.2. The van der Waals surface area contributed by atoms with Gasteiger partial charge in [0.1, 0.15) is 0 Å². The van der Waals surface area contributed by atoms with E-state index in [0.29, 0.717) is 17.9 Å². The second-order valence-electron chi connectivity index (χ2n) is 7.70. The van der Waals surface area contributed by atoms with Gasteiger partial charge in [-0.15, -0.1) is 11.8 Å². The molecule has 1 aliphatic heterocycles. The molecule has 154 valence electrons. The Bertz CT molecular complexity index is 1290. The summed E-state index contributed by atoms with van der Waals surface area (Å²) in [5, 5.41) is 13.3. The molecule has 3 aromatic carbocycles. The molecular weight excluding hydrogens is 420 g/mol. The lowest BCUT2D eigenvalue weighted by atomic mass is 10.00. The number of thioether (sulfide) groups is 1. The summed E-state index contributed by atoms with van der Waals surface area (Å²) in [4.78, 5) is 10.8. The van der Waals surface area contributed by atoms with Crippen LogP contribution in [0, 0.1) is 17.0 Å². The molecule has 8 heteroatoms. The zero-order chi connectivity index (χ0) is 21.0. The lowest BCUT2D eigenvalue weighted by Crippen LogP contribution is -2.30. The zero-order valence-corrected chi connectivity index (χ0v) is 18.0. The van der Waals surface area contributed by atoms with Crippen molar-refractivity contribution in [2.75, 3.05) is 12.3 Å². The zero-order valence-electron chi connectivity index (χ0n) is 16.4. The number of nitro benzene ring substituents is 1. The Hall–Kier alpha value is -2.42. The maximum Gasteiger partial charge on any atom is 0.273 e. The minimum atomic E-state index is -3.87. The summed E-state index contributed by atoms with van der Waals surface area (Å²) in [5.41, 5.74) is 3.89. The van der Waals surface area contributed by atoms with E-state index in [9.17, 15) is 18.5 Å². The molecule has 1 fully saturated rings. The number of benzene rings is 3. The van der Waals surface area contributed by atoms with E-state index in [0.717, 1.165) is 23.8 Å². The molecule has 1 aliphatic carbocycles. The molecule has 1 heterocycles. The Morgan fingerprint density at radius 2 is 1.87 bits per heavy atom. The van der Waals surface area contributed by atoms with Crippen molar-refractivity contribution in [3.8, 4) is 0 Å². The van der Waals surface area contributed by atoms with Gasteiger partial charge in [-0.3, -0.25) is 10.1 Å². The van der Waals surface area contributed by atoms with Crippen LogP contribution in [-0.2, 0) is 22.9 Å². The van der Waals surface area contributed by atoms with Crippen molar-refractivity contribution in [3.63, 3.8) is 0 Å². The van der Waals surface area contributed by atoms with Crippen molar-refractivity contribution in [2.24, 2.45) is 0 Å². The molecule has 5 rings (SSSR count). The van der Waals surface area contributed by atoms with Gasteiger partial charge in [-0.05, 0) is 53.3 Å². The quantitative estimate of drug-likeness (QED) is 0.438. The number of rotatable bonds is 4. The van der Waals surface area contributed by atoms with Gasteiger partial charge in [0.25, 0.3) is 5.69 Å². The van der Waals surface area contributed by atoms with Crippen molar-refractivity contribution < 1.29 is 13.3 Å². The number of sulfonamides is 1. The van der Waals surface area contributed by atoms with Gasteiger partial charge in [0.05, 0.1) is 15.2 Å². The van der Waals surface area contributed by atoms with E-state index in [2.05, 4.69) is 24.3 Å². The average Bonchev–Trinajstić information content (AvgIpc) is 3.37. The summed E-state index contributed by atoms with van der Waals surface area (Å²) in [7, 11) is -3.87. The Morgan fingerprint density at radius 3 is 2.63 bits per heavy atom. The monoisotopic (exact) mass is 440 g/mol. The highest BCUT2D eigenvalue weighted by Crippen LogP contribution is 2.45. The predicted octanol–water partition coefficient (Wildman–Crippen LogP) is 4.59. The van der Waals surface area contributed by atoms with Crippen LogP contribution in [0.2, 0.25) is 0 Å². The van der Waals surface area contributed by atoms with Gasteiger partial charge in [0.15, 0.2) is 0 Å². The fourth-order valence-electron chi connectivity index (χ4n) is 4.51. The number of nitrogens with zero attached hydrogens (tertiary/aromatic N) is 2. The average molecular weight is 441 g/mol. The van der Waals surface area contributed by atoms with E-state index in [-0.39, 0.29) is 16.0 Å². The van der Waals surface area contributed by atoms with Gasteiger partial charge < -0.3 is 0 Å². The minimum absolute atomic E-state index is 0.0294. The molecule has 0 saturated carbocycles. The van der Waals surface area contributed by atoms with Gasteiger partial charge >= 0.3 is 0 Å². The van der Waals surface area contributed by atoms with Gasteiger partial charge in [-0.1, -0.05) is 36.4 Å². The summed E-state index contributed by atoms with van der Waals surface area (Å²) in [6, 6.07) is 14.6. The molecular formula is C22H20N2O4S2. The summed E-state index contributed by atoms with van der Waals surface area (Å²) in [6.45, 7) is 1.98. The van der Waals surface area contributed by atoms with E-state index < -0.39 is 14.9 Å². The van der Waals surface area contributed by atoms with Crippen LogP contribution in [0.15, 0.2) is 53.4 Å². The molecule has 1 saturated heterocycles. The highest BCUT2D eigenvalue weighted by Gasteiger charge is 2.38. The first kappa shape index (κ1) is 19.5. The van der Waals surface area contributed by atoms with Crippen LogP contribution in [0.4, 0.5) is 5.69 Å². The number of hydrogen-bond donors (Lipinski definition) is 0. The van der Waals surface area contributed by atoms with E-state index in [1.165, 1.54) is 39.0 Å². The third kappa shape index (κ3) is 2.93. The Balaban J connectivity index is 1.61. The number of nitro groups is 1. The van der Waals surface area contributed by atoms with Crippen LogP contribution in [0.5, 0.6) is 0 Å². The normalized spacial score (nSPS) is 18.9. The molecule has 0 spiro atoms. The first-order valence-electron chi connectivity index (χ1n) is 9.80. The third-order valence-electron chi connectivity index (χ3n) is 6.01. The fraction of sp³-hybridized carbons (Fsp3) is 0.273. The molecule has 30 heavy (non-hydrogen) atoms. The van der Waals surface area contributed by atoms with Crippen LogP contribution in [0.1, 0.15) is 27.6 Å². The van der Waals surface area contributed by atoms with Gasteiger partial charge in [-0.25, -0.2) is 8.42 Å². The predicted molar refractivity (Wildman–Crippen MR) is 118 cm³/mol. The first-order chi connectivity index (χ1) is 14.4. The van der Waals surface area contributed by atoms with Crippen molar-refractivity contribution in [1.82, 2.24) is 4.31 Å². The molecule has 3 aromatic rings. The van der Waals surface area contributed by atoms with E-state index in [4.69, 9.17) is 0 Å². The van der Waals surface area contributed by atoms with Crippen LogP contribution < -0.4 is 0 Å². The molecule has 0 radical (unpaired) electrons. The SMILES string of the molecule is Cc1ccc(S(=O)(=O)N2CCSC2c2ccc3c4c(cccc24)CC3)cc1[N+](=O)[O-]. The van der Waals surface area contributed by atoms with Crippen LogP contribution in [0.25, 0.3) is 10.8 Å². The lowest BCUT2D eigenvalue weighted by molar-refractivity contribution is -0.385. The second-order valence-corrected chi connectivity index (χ2v) is 10.8. The number of hydrogen-bond acceptors (Lipinski definition) is 5. The molecule has 0 N–H and O–H groups in total. The lowest BCUT2D eigenvalue weighted by Gasteiger charge is -2.25. The third-order valence-corrected chi connectivity index (χ3v) is 9.25. The van der Waals surface area contributed by atoms with Crippen LogP contribution >= 0.6 is 11.8 Å². The van der Waals surface area contributed by atoms with E-state index in [1.807, 2.05) is 6.07 Å². The first-order valence-corrected chi connectivity index (χ1v) is 12.3. The minimum Gasteiger partial charge on any atom is -0.258 e. The molecule has 1 unspecified atom stereocenters. The van der Waals surface area contributed by atoms with E-state index >= 15 is 0 Å². The topological polar surface area (TPSA) is 80.5 Å². The molecule has 1 atom stereocenters. The van der Waals surface area contributed by atoms with Crippen LogP contribution in [0.3, 0.4) is 0 Å². The van der Waals surface area contributed by atoms with E-state index in [1.54, 1.807) is 18.7 Å². The molecule has 6 nitrogen and oxygen atoms in total. The summed E-state index contributed by atoms with van der Waals surface area (Å²) >= 11 is 1.60. The standard InChI is InChI=1S/C22H20N2O4S2/c1-14-5-9-17(13-20(14)24(25)26)30(27,28)23-11-12-29-22(23)19-10-8-16-7-6-15-3-2-4-18(19)21(15)16/h2-5,8-10,13,22H,6-7,11-12H2,1H3. The van der Waals surface area contributed by atoms with Crippen molar-refractivity contribution >= 4 is 38.2 Å². The van der Waals surface area contributed by atoms with Crippen molar-refractivity contribution in [3.05, 3.63) is 80.9 Å². The molecule has 0 aromatic heterocycles. The molecule has 0 bridgehead atoms. The molecule has 0 amide bonds. The smallest absolute Gasteiger partial charge is 0.258 e. The molecule has 2 aliphatic rings. The summed E-state index contributed by atoms with van der Waals surface area (Å²) in [5.74, 6) is 0.681. The maximum atomic E-state index is 13.5. The number of aryl methyl sites for hydroxylation is 3. The second kappa shape index (κ2) is 7.08. The van der Waals surface area contributed by atoms with Crippen LogP contribution in [-0.4, -0.2) is 29.9 Å². The fourth-order valence-corrected chi connectivity index (χ4v) is 7.80. The Morgan fingerprint density at radius 1 is 1.10 bits per heavy atom. The van der Waals surface area contributed by atoms with Crippen molar-refractivity contribution in [1.29, 1.82) is 0 Å². The Labute approximate surface area is 179 Å². The Kier molecular flexibility index (Phi) is 4.61. The summed E-state index contributed by atoms with van der Waals surface area (Å²) in [6.07, 6.45) is 2.03. The van der Waals surface area contributed by atoms with Crippen molar-refractivity contribution in [2.45, 2.75) is 30.0 Å². The van der Waals surface area contributed by atoms with Gasteiger partial charge in [0.2, 0.25) is 10.0 Å². The highest BCUT2D eigenvalue weighted by molar-refractivity contribution is 8.01. The maximum absolute atomic E-state index is 13.5. The van der Waals surface area contributed by atoms with Gasteiger partial charge in [-0.2, -0.15) is 4.31 Å². The summed E-state index contributed by atoms with van der Waals surface area (Å²) < 4.78 is 28.4. The largest absolute Gasteiger partial charge is 0.273 e.